The highest BCUT2D eigenvalue weighted by molar-refractivity contribution is 7.16. The van der Waals surface area contributed by atoms with Crippen LogP contribution in [0.4, 0.5) is 0 Å². The second-order valence-electron chi connectivity index (χ2n) is 5.91. The van der Waals surface area contributed by atoms with Crippen LogP contribution in [0.25, 0.3) is 4.96 Å². The number of amides is 1. The summed E-state index contributed by atoms with van der Waals surface area (Å²) in [5.74, 6) is 0.0175. The van der Waals surface area contributed by atoms with Gasteiger partial charge < -0.3 is 5.32 Å². The summed E-state index contributed by atoms with van der Waals surface area (Å²) in [6.45, 7) is 0.392. The number of nitrogens with one attached hydrogen (secondary N) is 1. The molecule has 6 nitrogen and oxygen atoms in total. The van der Waals surface area contributed by atoms with Crippen LogP contribution in [0.15, 0.2) is 67.0 Å². The van der Waals surface area contributed by atoms with E-state index in [0.29, 0.717) is 13.0 Å². The van der Waals surface area contributed by atoms with E-state index in [4.69, 9.17) is 0 Å². The van der Waals surface area contributed by atoms with Crippen LogP contribution in [0.1, 0.15) is 28.5 Å². The second kappa shape index (κ2) is 7.45. The van der Waals surface area contributed by atoms with Crippen LogP contribution < -0.4 is 5.32 Å². The van der Waals surface area contributed by atoms with Crippen molar-refractivity contribution in [3.63, 3.8) is 0 Å². The van der Waals surface area contributed by atoms with Crippen LogP contribution >= 0.6 is 11.3 Å². The van der Waals surface area contributed by atoms with E-state index in [1.54, 1.807) is 10.8 Å². The standard InChI is InChI=1S/C19H17N5OS/c25-17(20-12-18-23-24-13-21-22-19(24)26-18)11-16(14-7-3-1-4-8-14)15-9-5-2-6-10-15/h1-10,13,16H,11-12H2,(H,20,25). The van der Waals surface area contributed by atoms with Crippen molar-refractivity contribution >= 4 is 22.2 Å². The Hall–Kier alpha value is -3.06. The Morgan fingerprint density at radius 2 is 1.69 bits per heavy atom. The van der Waals surface area contributed by atoms with E-state index in [-0.39, 0.29) is 11.8 Å². The summed E-state index contributed by atoms with van der Waals surface area (Å²) in [6, 6.07) is 20.2. The predicted molar refractivity (Wildman–Crippen MR) is 99.8 cm³/mol. The zero-order valence-corrected chi connectivity index (χ0v) is 14.8. The van der Waals surface area contributed by atoms with Gasteiger partial charge in [-0.2, -0.15) is 9.61 Å². The molecule has 0 saturated heterocycles. The number of carbonyl (C=O) groups excluding carboxylic acids is 1. The van der Waals surface area contributed by atoms with Crippen molar-refractivity contribution in [1.82, 2.24) is 25.1 Å². The van der Waals surface area contributed by atoms with Gasteiger partial charge in [0.1, 0.15) is 11.3 Å². The maximum atomic E-state index is 12.6. The third kappa shape index (κ3) is 3.62. The number of nitrogens with zero attached hydrogens (tertiary/aromatic N) is 4. The average molecular weight is 363 g/mol. The number of hydrogen-bond acceptors (Lipinski definition) is 5. The maximum Gasteiger partial charge on any atom is 0.234 e. The molecule has 2 aromatic carbocycles. The normalized spacial score (nSPS) is 11.1. The van der Waals surface area contributed by atoms with Gasteiger partial charge in [-0.25, -0.2) is 0 Å². The molecule has 1 amide bonds. The highest BCUT2D eigenvalue weighted by atomic mass is 32.1. The highest BCUT2D eigenvalue weighted by Gasteiger charge is 2.18. The molecular weight excluding hydrogens is 346 g/mol. The Labute approximate surface area is 154 Å². The van der Waals surface area contributed by atoms with Gasteiger partial charge in [-0.15, -0.1) is 10.2 Å². The lowest BCUT2D eigenvalue weighted by Gasteiger charge is -2.17. The minimum Gasteiger partial charge on any atom is -0.349 e. The molecule has 0 bridgehead atoms. The fourth-order valence-electron chi connectivity index (χ4n) is 2.90. The van der Waals surface area contributed by atoms with E-state index >= 15 is 0 Å². The highest BCUT2D eigenvalue weighted by Crippen LogP contribution is 2.27. The van der Waals surface area contributed by atoms with E-state index in [2.05, 4.69) is 44.9 Å². The number of rotatable bonds is 6. The first-order valence-corrected chi connectivity index (χ1v) is 9.13. The minimum absolute atomic E-state index is 0.00586. The number of aromatic nitrogens is 4. The summed E-state index contributed by atoms with van der Waals surface area (Å²) in [4.78, 5) is 13.3. The van der Waals surface area contributed by atoms with Crippen LogP contribution in [0.5, 0.6) is 0 Å². The number of carbonyl (C=O) groups is 1. The summed E-state index contributed by atoms with van der Waals surface area (Å²) >= 11 is 1.42. The van der Waals surface area contributed by atoms with Crippen molar-refractivity contribution in [1.29, 1.82) is 0 Å². The predicted octanol–water partition coefficient (Wildman–Crippen LogP) is 3.02. The Morgan fingerprint density at radius 1 is 1.04 bits per heavy atom. The lowest BCUT2D eigenvalue weighted by atomic mass is 9.88. The molecule has 4 rings (SSSR count). The van der Waals surface area contributed by atoms with E-state index in [1.165, 1.54) is 11.3 Å². The Bertz CT molecular complexity index is 928. The molecule has 0 atom stereocenters. The van der Waals surface area contributed by atoms with Gasteiger partial charge in [-0.3, -0.25) is 4.79 Å². The lowest BCUT2D eigenvalue weighted by Crippen LogP contribution is -2.25. The van der Waals surface area contributed by atoms with E-state index in [0.717, 1.165) is 21.1 Å². The van der Waals surface area contributed by atoms with E-state index in [9.17, 15) is 4.79 Å². The summed E-state index contributed by atoms with van der Waals surface area (Å²) < 4.78 is 1.61. The van der Waals surface area contributed by atoms with Crippen LogP contribution in [0, 0.1) is 0 Å². The van der Waals surface area contributed by atoms with E-state index in [1.807, 2.05) is 36.4 Å². The Balaban J connectivity index is 1.46. The first kappa shape index (κ1) is 16.4. The molecule has 0 saturated carbocycles. The van der Waals surface area contributed by atoms with Crippen LogP contribution in [0.2, 0.25) is 0 Å². The first-order chi connectivity index (χ1) is 12.8. The number of fused-ring (bicyclic) bond motifs is 1. The fourth-order valence-corrected chi connectivity index (χ4v) is 3.66. The van der Waals surface area contributed by atoms with Crippen molar-refractivity contribution in [3.05, 3.63) is 83.1 Å². The SMILES string of the molecule is O=C(CC(c1ccccc1)c1ccccc1)NCc1nn2cnnc2s1. The minimum atomic E-state index is -0.00586. The van der Waals surface area contributed by atoms with Crippen LogP contribution in [-0.4, -0.2) is 25.7 Å². The quantitative estimate of drug-likeness (QED) is 0.571. The molecule has 1 N–H and O–H groups in total. The molecule has 7 heteroatoms. The van der Waals surface area contributed by atoms with Crippen molar-refractivity contribution in [2.24, 2.45) is 0 Å². The van der Waals surface area contributed by atoms with Gasteiger partial charge in [0.15, 0.2) is 0 Å². The number of hydrogen-bond donors (Lipinski definition) is 1. The monoisotopic (exact) mass is 363 g/mol. The van der Waals surface area contributed by atoms with Crippen LogP contribution in [-0.2, 0) is 11.3 Å². The van der Waals surface area contributed by atoms with Gasteiger partial charge in [0, 0.05) is 12.3 Å². The van der Waals surface area contributed by atoms with E-state index < -0.39 is 0 Å². The zero-order chi connectivity index (χ0) is 17.8. The first-order valence-electron chi connectivity index (χ1n) is 8.32. The molecule has 0 aliphatic rings. The molecular formula is C19H17N5OS. The van der Waals surface area contributed by atoms with Crippen molar-refractivity contribution < 1.29 is 4.79 Å². The van der Waals surface area contributed by atoms with Crippen molar-refractivity contribution in [3.8, 4) is 0 Å². The van der Waals surface area contributed by atoms with Gasteiger partial charge >= 0.3 is 0 Å². The van der Waals surface area contributed by atoms with Crippen LogP contribution in [0.3, 0.4) is 0 Å². The van der Waals surface area contributed by atoms with Gasteiger partial charge in [0.2, 0.25) is 10.9 Å². The lowest BCUT2D eigenvalue weighted by molar-refractivity contribution is -0.121. The van der Waals surface area contributed by atoms with Gasteiger partial charge in [-0.1, -0.05) is 72.0 Å². The zero-order valence-electron chi connectivity index (χ0n) is 13.9. The summed E-state index contributed by atoms with van der Waals surface area (Å²) in [7, 11) is 0. The average Bonchev–Trinajstić information content (AvgIpc) is 3.28. The summed E-state index contributed by atoms with van der Waals surface area (Å²) in [5, 5.41) is 15.8. The van der Waals surface area contributed by atoms with Crippen molar-refractivity contribution in [2.75, 3.05) is 0 Å². The molecule has 0 unspecified atom stereocenters. The molecule has 26 heavy (non-hydrogen) atoms. The maximum absolute atomic E-state index is 12.6. The van der Waals surface area contributed by atoms with Crippen molar-refractivity contribution in [2.45, 2.75) is 18.9 Å². The molecule has 2 heterocycles. The molecule has 4 aromatic rings. The molecule has 0 radical (unpaired) electrons. The molecule has 0 fully saturated rings. The summed E-state index contributed by atoms with van der Waals surface area (Å²) in [6.07, 6.45) is 1.94. The number of benzene rings is 2. The fraction of sp³-hybridized carbons (Fsp3) is 0.158. The van der Waals surface area contributed by atoms with Gasteiger partial charge in [0.05, 0.1) is 6.54 Å². The van der Waals surface area contributed by atoms with Gasteiger partial charge in [0.25, 0.3) is 0 Å². The second-order valence-corrected chi connectivity index (χ2v) is 6.95. The third-order valence-electron chi connectivity index (χ3n) is 4.16. The third-order valence-corrected chi connectivity index (χ3v) is 5.07. The molecule has 0 aliphatic heterocycles. The Kier molecular flexibility index (Phi) is 4.70. The molecule has 0 spiro atoms. The largest absolute Gasteiger partial charge is 0.349 e. The molecule has 0 aliphatic carbocycles. The Morgan fingerprint density at radius 3 is 2.31 bits per heavy atom. The molecule has 130 valence electrons. The smallest absolute Gasteiger partial charge is 0.234 e. The van der Waals surface area contributed by atoms with Gasteiger partial charge in [-0.05, 0) is 11.1 Å². The topological polar surface area (TPSA) is 72.2 Å². The summed E-state index contributed by atoms with van der Waals surface area (Å²) in [5.41, 5.74) is 2.26. The molecule has 2 aromatic heterocycles.